The second-order valence-electron chi connectivity index (χ2n) is 4.63. The average Bonchev–Trinajstić information content (AvgIpc) is 3.13. The summed E-state index contributed by atoms with van der Waals surface area (Å²) in [7, 11) is 0. The molecule has 0 unspecified atom stereocenters. The Morgan fingerprint density at radius 2 is 2.10 bits per heavy atom. The molecule has 108 valence electrons. The summed E-state index contributed by atoms with van der Waals surface area (Å²) < 4.78 is 5.59. The summed E-state index contributed by atoms with van der Waals surface area (Å²) in [6.07, 6.45) is 3.69. The van der Waals surface area contributed by atoms with Crippen LogP contribution in [-0.2, 0) is 13.1 Å². The van der Waals surface area contributed by atoms with E-state index in [4.69, 9.17) is 4.42 Å². The van der Waals surface area contributed by atoms with E-state index in [1.165, 1.54) is 0 Å². The first-order valence-corrected chi connectivity index (χ1v) is 6.93. The van der Waals surface area contributed by atoms with Gasteiger partial charge in [-0.2, -0.15) is 0 Å². The highest BCUT2D eigenvalue weighted by atomic mass is 16.4. The standard InChI is InChI=1S/C15H21N3O2/c1-3-18(4-2)11-13-5-6-14(20-13)15(19)17-10-12-7-8-16-9-12/h5-9,16H,3-4,10-11H2,1-2H3,(H,17,19). The molecule has 0 radical (unpaired) electrons. The highest BCUT2D eigenvalue weighted by Crippen LogP contribution is 2.11. The number of hydrogen-bond donors (Lipinski definition) is 2. The summed E-state index contributed by atoms with van der Waals surface area (Å²) in [6, 6.07) is 5.52. The lowest BCUT2D eigenvalue weighted by Crippen LogP contribution is -2.22. The minimum Gasteiger partial charge on any atom is -0.455 e. The predicted molar refractivity (Wildman–Crippen MR) is 77.3 cm³/mol. The lowest BCUT2D eigenvalue weighted by molar-refractivity contribution is 0.0919. The Labute approximate surface area is 119 Å². The van der Waals surface area contributed by atoms with Crippen LogP contribution in [0.4, 0.5) is 0 Å². The Bertz CT molecular complexity index is 527. The third kappa shape index (κ3) is 3.74. The van der Waals surface area contributed by atoms with Crippen LogP contribution in [0.25, 0.3) is 0 Å². The maximum absolute atomic E-state index is 11.9. The molecular formula is C15H21N3O2. The molecule has 0 spiro atoms. The number of H-pyrrole nitrogens is 1. The third-order valence-electron chi connectivity index (χ3n) is 3.27. The monoisotopic (exact) mass is 275 g/mol. The Balaban J connectivity index is 1.89. The fourth-order valence-corrected chi connectivity index (χ4v) is 1.99. The van der Waals surface area contributed by atoms with Gasteiger partial charge in [0.2, 0.25) is 0 Å². The van der Waals surface area contributed by atoms with Gasteiger partial charge in [0.25, 0.3) is 5.91 Å². The summed E-state index contributed by atoms with van der Waals surface area (Å²) in [5.41, 5.74) is 1.04. The van der Waals surface area contributed by atoms with Gasteiger partial charge in [0.15, 0.2) is 5.76 Å². The van der Waals surface area contributed by atoms with Crippen molar-refractivity contribution < 1.29 is 9.21 Å². The van der Waals surface area contributed by atoms with E-state index in [-0.39, 0.29) is 5.91 Å². The van der Waals surface area contributed by atoms with Crippen LogP contribution in [0.2, 0.25) is 0 Å². The number of amides is 1. The van der Waals surface area contributed by atoms with Crippen LogP contribution < -0.4 is 5.32 Å². The molecule has 0 aromatic carbocycles. The summed E-state index contributed by atoms with van der Waals surface area (Å²) in [5.74, 6) is 1.00. The van der Waals surface area contributed by atoms with E-state index in [0.717, 1.165) is 31.0 Å². The van der Waals surface area contributed by atoms with Crippen molar-refractivity contribution in [2.45, 2.75) is 26.9 Å². The first kappa shape index (κ1) is 14.4. The van der Waals surface area contributed by atoms with Crippen LogP contribution in [0, 0.1) is 0 Å². The molecule has 0 aliphatic carbocycles. The van der Waals surface area contributed by atoms with E-state index in [1.54, 1.807) is 6.07 Å². The van der Waals surface area contributed by atoms with E-state index in [2.05, 4.69) is 29.0 Å². The topological polar surface area (TPSA) is 61.3 Å². The van der Waals surface area contributed by atoms with Gasteiger partial charge in [-0.1, -0.05) is 13.8 Å². The Kier molecular flexibility index (Phi) is 5.01. The van der Waals surface area contributed by atoms with Crippen molar-refractivity contribution in [3.63, 3.8) is 0 Å². The molecule has 0 bridgehead atoms. The molecule has 0 atom stereocenters. The molecule has 5 nitrogen and oxygen atoms in total. The molecule has 0 saturated carbocycles. The fraction of sp³-hybridized carbons (Fsp3) is 0.400. The van der Waals surface area contributed by atoms with Gasteiger partial charge in [0, 0.05) is 18.9 Å². The zero-order chi connectivity index (χ0) is 14.4. The zero-order valence-corrected chi connectivity index (χ0v) is 12.0. The normalized spacial score (nSPS) is 10.9. The lowest BCUT2D eigenvalue weighted by atomic mass is 10.3. The second kappa shape index (κ2) is 6.96. The first-order chi connectivity index (χ1) is 9.72. The summed E-state index contributed by atoms with van der Waals surface area (Å²) in [6.45, 7) is 7.37. The van der Waals surface area contributed by atoms with Crippen molar-refractivity contribution in [1.82, 2.24) is 15.2 Å². The van der Waals surface area contributed by atoms with Gasteiger partial charge in [-0.3, -0.25) is 9.69 Å². The fourth-order valence-electron chi connectivity index (χ4n) is 1.99. The minimum absolute atomic E-state index is 0.183. The highest BCUT2D eigenvalue weighted by Gasteiger charge is 2.12. The van der Waals surface area contributed by atoms with Gasteiger partial charge in [0.05, 0.1) is 6.54 Å². The number of rotatable bonds is 7. The van der Waals surface area contributed by atoms with E-state index in [9.17, 15) is 4.79 Å². The summed E-state index contributed by atoms with van der Waals surface area (Å²) in [4.78, 5) is 17.1. The smallest absolute Gasteiger partial charge is 0.287 e. The lowest BCUT2D eigenvalue weighted by Gasteiger charge is -2.15. The van der Waals surface area contributed by atoms with Gasteiger partial charge in [-0.15, -0.1) is 0 Å². The van der Waals surface area contributed by atoms with Crippen molar-refractivity contribution in [2.75, 3.05) is 13.1 Å². The Hall–Kier alpha value is -2.01. The molecule has 1 amide bonds. The summed E-state index contributed by atoms with van der Waals surface area (Å²) >= 11 is 0. The van der Waals surface area contributed by atoms with E-state index in [0.29, 0.717) is 12.3 Å². The average molecular weight is 275 g/mol. The number of carbonyl (C=O) groups is 1. The molecule has 2 aromatic heterocycles. The van der Waals surface area contributed by atoms with E-state index < -0.39 is 0 Å². The second-order valence-corrected chi connectivity index (χ2v) is 4.63. The van der Waals surface area contributed by atoms with Crippen molar-refractivity contribution in [3.05, 3.63) is 47.7 Å². The predicted octanol–water partition coefficient (Wildman–Crippen LogP) is 2.38. The quantitative estimate of drug-likeness (QED) is 0.815. The number of nitrogens with zero attached hydrogens (tertiary/aromatic N) is 1. The molecule has 0 fully saturated rings. The van der Waals surface area contributed by atoms with Crippen LogP contribution in [0.15, 0.2) is 35.0 Å². The van der Waals surface area contributed by atoms with Crippen LogP contribution in [0.5, 0.6) is 0 Å². The number of nitrogens with one attached hydrogen (secondary N) is 2. The van der Waals surface area contributed by atoms with Crippen LogP contribution >= 0.6 is 0 Å². The number of hydrogen-bond acceptors (Lipinski definition) is 3. The summed E-state index contributed by atoms with van der Waals surface area (Å²) in [5, 5.41) is 2.83. The molecule has 2 N–H and O–H groups in total. The van der Waals surface area contributed by atoms with E-state index in [1.807, 2.05) is 24.5 Å². The maximum atomic E-state index is 11.9. The van der Waals surface area contributed by atoms with Crippen LogP contribution in [-0.4, -0.2) is 28.9 Å². The van der Waals surface area contributed by atoms with E-state index >= 15 is 0 Å². The van der Waals surface area contributed by atoms with Gasteiger partial charge >= 0.3 is 0 Å². The number of furan rings is 1. The molecule has 2 aromatic rings. The largest absolute Gasteiger partial charge is 0.455 e. The highest BCUT2D eigenvalue weighted by molar-refractivity contribution is 5.91. The Morgan fingerprint density at radius 1 is 1.30 bits per heavy atom. The maximum Gasteiger partial charge on any atom is 0.287 e. The molecule has 20 heavy (non-hydrogen) atoms. The van der Waals surface area contributed by atoms with Crippen molar-refractivity contribution >= 4 is 5.91 Å². The van der Waals surface area contributed by atoms with Gasteiger partial charge in [0.1, 0.15) is 5.76 Å². The third-order valence-corrected chi connectivity index (χ3v) is 3.27. The molecule has 2 rings (SSSR count). The number of aromatic amines is 1. The van der Waals surface area contributed by atoms with Gasteiger partial charge < -0.3 is 14.7 Å². The van der Waals surface area contributed by atoms with Crippen molar-refractivity contribution in [2.24, 2.45) is 0 Å². The number of aromatic nitrogens is 1. The molecular weight excluding hydrogens is 254 g/mol. The molecule has 0 aliphatic rings. The molecule has 2 heterocycles. The molecule has 0 saturated heterocycles. The Morgan fingerprint density at radius 3 is 2.75 bits per heavy atom. The SMILES string of the molecule is CCN(CC)Cc1ccc(C(=O)NCc2cc[nH]c2)o1. The zero-order valence-electron chi connectivity index (χ0n) is 12.0. The van der Waals surface area contributed by atoms with Gasteiger partial charge in [-0.25, -0.2) is 0 Å². The minimum atomic E-state index is -0.183. The molecule has 0 aliphatic heterocycles. The molecule has 5 heteroatoms. The first-order valence-electron chi connectivity index (χ1n) is 6.93. The van der Waals surface area contributed by atoms with Crippen LogP contribution in [0.3, 0.4) is 0 Å². The van der Waals surface area contributed by atoms with Crippen molar-refractivity contribution in [3.8, 4) is 0 Å². The van der Waals surface area contributed by atoms with Crippen molar-refractivity contribution in [1.29, 1.82) is 0 Å². The van der Waals surface area contributed by atoms with Crippen LogP contribution in [0.1, 0.15) is 35.7 Å². The van der Waals surface area contributed by atoms with Gasteiger partial charge in [-0.05, 0) is 36.9 Å². The number of carbonyl (C=O) groups excluding carboxylic acids is 1.